The van der Waals surface area contributed by atoms with Crippen molar-refractivity contribution in [3.8, 4) is 0 Å². The maximum atomic E-state index is 8.99. The van der Waals surface area contributed by atoms with Crippen molar-refractivity contribution in [2.24, 2.45) is 0 Å². The zero-order valence-corrected chi connectivity index (χ0v) is 10.1. The number of rotatable bonds is 3. The van der Waals surface area contributed by atoms with Crippen LogP contribution in [0.3, 0.4) is 0 Å². The van der Waals surface area contributed by atoms with Gasteiger partial charge in [0.1, 0.15) is 11.5 Å². The quantitative estimate of drug-likeness (QED) is 0.908. The van der Waals surface area contributed by atoms with Crippen LogP contribution < -0.4 is 0 Å². The molecule has 1 aromatic heterocycles. The maximum absolute atomic E-state index is 8.99. The fraction of sp³-hybridized carbons (Fsp3) is 0.154. The molecule has 0 atom stereocenters. The summed E-state index contributed by atoms with van der Waals surface area (Å²) in [7, 11) is 0. The topological polar surface area (TPSA) is 46.3 Å². The van der Waals surface area contributed by atoms with Crippen molar-refractivity contribution < 1.29 is 9.52 Å². The fourth-order valence-corrected chi connectivity index (χ4v) is 1.64. The Morgan fingerprint density at radius 3 is 2.88 bits per heavy atom. The molecule has 4 heteroatoms. The molecule has 0 saturated carbocycles. The number of nitrogens with zero attached hydrogens (tertiary/aromatic N) is 1. The van der Waals surface area contributed by atoms with E-state index in [1.54, 1.807) is 13.0 Å². The Bertz CT molecular complexity index is 546. The molecule has 0 bridgehead atoms. The lowest BCUT2D eigenvalue weighted by atomic mass is 10.2. The Balaban J connectivity index is 2.20. The first kappa shape index (κ1) is 11.9. The first-order valence-corrected chi connectivity index (χ1v) is 5.57. The molecule has 1 N–H and O–H groups in total. The minimum Gasteiger partial charge on any atom is -0.442 e. The van der Waals surface area contributed by atoms with Gasteiger partial charge in [0.25, 0.3) is 0 Å². The summed E-state index contributed by atoms with van der Waals surface area (Å²) in [5.74, 6) is 1.12. The van der Waals surface area contributed by atoms with Crippen molar-refractivity contribution >= 4 is 23.8 Å². The maximum Gasteiger partial charge on any atom is 0.219 e. The lowest BCUT2D eigenvalue weighted by Gasteiger charge is -1.92. The van der Waals surface area contributed by atoms with Crippen LogP contribution in [0.4, 0.5) is 0 Å². The number of hydrogen-bond donors (Lipinski definition) is 1. The number of aliphatic hydroxyl groups excluding tert-OH is 1. The van der Waals surface area contributed by atoms with Crippen LogP contribution in [-0.4, -0.2) is 10.1 Å². The molecule has 17 heavy (non-hydrogen) atoms. The van der Waals surface area contributed by atoms with Gasteiger partial charge >= 0.3 is 0 Å². The van der Waals surface area contributed by atoms with Crippen LogP contribution in [0.15, 0.2) is 28.7 Å². The van der Waals surface area contributed by atoms with Crippen LogP contribution in [-0.2, 0) is 6.61 Å². The highest BCUT2D eigenvalue weighted by Gasteiger charge is 2.05. The molecule has 0 saturated heterocycles. The lowest BCUT2D eigenvalue weighted by molar-refractivity contribution is 0.275. The van der Waals surface area contributed by atoms with Crippen LogP contribution in [0, 0.1) is 6.92 Å². The standard InChI is InChI=1S/C13H12ClNO2/c1-9-12(8-16)15-13(17-9)6-5-10-3-2-4-11(14)7-10/h2-7,16H,8H2,1H3/b6-5+. The van der Waals surface area contributed by atoms with Gasteiger partial charge in [0.15, 0.2) is 0 Å². The van der Waals surface area contributed by atoms with Crippen LogP contribution >= 0.6 is 11.6 Å². The molecule has 0 spiro atoms. The second-order valence-corrected chi connectivity index (χ2v) is 4.04. The first-order valence-electron chi connectivity index (χ1n) is 5.20. The van der Waals surface area contributed by atoms with Gasteiger partial charge in [-0.05, 0) is 30.7 Å². The van der Waals surface area contributed by atoms with Gasteiger partial charge < -0.3 is 9.52 Å². The van der Waals surface area contributed by atoms with Crippen molar-refractivity contribution in [3.05, 3.63) is 52.2 Å². The smallest absolute Gasteiger partial charge is 0.219 e. The average molecular weight is 250 g/mol. The van der Waals surface area contributed by atoms with E-state index in [0.29, 0.717) is 22.4 Å². The lowest BCUT2D eigenvalue weighted by Crippen LogP contribution is -1.84. The van der Waals surface area contributed by atoms with Crippen LogP contribution in [0.2, 0.25) is 5.02 Å². The second-order valence-electron chi connectivity index (χ2n) is 3.60. The molecule has 1 aromatic carbocycles. The Kier molecular flexibility index (Phi) is 3.61. The summed E-state index contributed by atoms with van der Waals surface area (Å²) >= 11 is 5.87. The summed E-state index contributed by atoms with van der Waals surface area (Å²) in [6.45, 7) is 1.66. The highest BCUT2D eigenvalue weighted by molar-refractivity contribution is 6.30. The van der Waals surface area contributed by atoms with Gasteiger partial charge in [-0.15, -0.1) is 0 Å². The Morgan fingerprint density at radius 2 is 2.24 bits per heavy atom. The number of hydrogen-bond acceptors (Lipinski definition) is 3. The molecule has 2 aromatic rings. The summed E-state index contributed by atoms with van der Waals surface area (Å²) in [4.78, 5) is 4.13. The van der Waals surface area contributed by atoms with Crippen LogP contribution in [0.1, 0.15) is 22.9 Å². The van der Waals surface area contributed by atoms with E-state index in [2.05, 4.69) is 4.98 Å². The van der Waals surface area contributed by atoms with Crippen molar-refractivity contribution in [2.75, 3.05) is 0 Å². The monoisotopic (exact) mass is 249 g/mol. The number of halogens is 1. The molecule has 0 aliphatic rings. The zero-order chi connectivity index (χ0) is 12.3. The minimum absolute atomic E-state index is 0.111. The first-order chi connectivity index (χ1) is 8.19. The van der Waals surface area contributed by atoms with E-state index in [4.69, 9.17) is 21.1 Å². The molecular weight excluding hydrogens is 238 g/mol. The van der Waals surface area contributed by atoms with E-state index in [9.17, 15) is 0 Å². The molecule has 0 aliphatic carbocycles. The van der Waals surface area contributed by atoms with Gasteiger partial charge in [-0.1, -0.05) is 23.7 Å². The number of benzene rings is 1. The molecule has 0 unspecified atom stereocenters. The predicted octanol–water partition coefficient (Wildman–Crippen LogP) is 3.30. The summed E-state index contributed by atoms with van der Waals surface area (Å²) in [6, 6.07) is 7.48. The average Bonchev–Trinajstić information content (AvgIpc) is 2.67. The fourth-order valence-electron chi connectivity index (χ4n) is 1.45. The van der Waals surface area contributed by atoms with Gasteiger partial charge in [-0.2, -0.15) is 0 Å². The number of aryl methyl sites for hydroxylation is 1. The summed E-state index contributed by atoms with van der Waals surface area (Å²) in [5.41, 5.74) is 1.54. The highest BCUT2D eigenvalue weighted by atomic mass is 35.5. The van der Waals surface area contributed by atoms with Gasteiger partial charge in [0, 0.05) is 11.1 Å². The highest BCUT2D eigenvalue weighted by Crippen LogP contribution is 2.15. The Morgan fingerprint density at radius 1 is 1.41 bits per heavy atom. The number of aliphatic hydroxyl groups is 1. The van der Waals surface area contributed by atoms with Gasteiger partial charge in [0.2, 0.25) is 5.89 Å². The molecule has 2 rings (SSSR count). The SMILES string of the molecule is Cc1oc(/C=C/c2cccc(Cl)c2)nc1CO. The molecule has 0 fully saturated rings. The second kappa shape index (κ2) is 5.17. The van der Waals surface area contributed by atoms with Crippen molar-refractivity contribution in [2.45, 2.75) is 13.5 Å². The minimum atomic E-state index is -0.111. The van der Waals surface area contributed by atoms with Crippen LogP contribution in [0.25, 0.3) is 12.2 Å². The Hall–Kier alpha value is -1.58. The van der Waals surface area contributed by atoms with E-state index in [1.807, 2.05) is 30.3 Å². The van der Waals surface area contributed by atoms with E-state index < -0.39 is 0 Å². The van der Waals surface area contributed by atoms with E-state index in [0.717, 1.165) is 5.56 Å². The van der Waals surface area contributed by atoms with Crippen molar-refractivity contribution in [1.29, 1.82) is 0 Å². The van der Waals surface area contributed by atoms with Crippen molar-refractivity contribution in [3.63, 3.8) is 0 Å². The normalized spacial score (nSPS) is 11.2. The van der Waals surface area contributed by atoms with Crippen LogP contribution in [0.5, 0.6) is 0 Å². The summed E-state index contributed by atoms with van der Waals surface area (Å²) < 4.78 is 5.37. The largest absolute Gasteiger partial charge is 0.442 e. The molecule has 0 amide bonds. The van der Waals surface area contributed by atoms with Gasteiger partial charge in [0.05, 0.1) is 6.61 Å². The van der Waals surface area contributed by atoms with Crippen molar-refractivity contribution in [1.82, 2.24) is 4.98 Å². The molecule has 0 radical (unpaired) electrons. The third kappa shape index (κ3) is 2.96. The Labute approximate surface area is 104 Å². The van der Waals surface area contributed by atoms with E-state index in [-0.39, 0.29) is 6.61 Å². The number of aromatic nitrogens is 1. The third-order valence-corrected chi connectivity index (χ3v) is 2.56. The molecule has 1 heterocycles. The van der Waals surface area contributed by atoms with E-state index in [1.165, 1.54) is 0 Å². The molecular formula is C13H12ClNO2. The summed E-state index contributed by atoms with van der Waals surface area (Å²) in [5, 5.41) is 9.68. The molecule has 3 nitrogen and oxygen atoms in total. The van der Waals surface area contributed by atoms with E-state index >= 15 is 0 Å². The summed E-state index contributed by atoms with van der Waals surface area (Å²) in [6.07, 6.45) is 3.61. The van der Waals surface area contributed by atoms with Gasteiger partial charge in [-0.25, -0.2) is 4.98 Å². The van der Waals surface area contributed by atoms with Gasteiger partial charge in [-0.3, -0.25) is 0 Å². The third-order valence-electron chi connectivity index (χ3n) is 2.33. The predicted molar refractivity (Wildman–Crippen MR) is 67.5 cm³/mol. The number of oxazole rings is 1. The molecule has 88 valence electrons. The molecule has 0 aliphatic heterocycles. The zero-order valence-electron chi connectivity index (χ0n) is 9.35.